The van der Waals surface area contributed by atoms with Gasteiger partial charge in [-0.25, -0.2) is 8.42 Å². The van der Waals surface area contributed by atoms with Crippen LogP contribution < -0.4 is 9.62 Å². The van der Waals surface area contributed by atoms with E-state index in [1.165, 1.54) is 0 Å². The second-order valence-electron chi connectivity index (χ2n) is 6.53. The van der Waals surface area contributed by atoms with E-state index in [1.807, 2.05) is 26.8 Å². The molecule has 1 amide bonds. The van der Waals surface area contributed by atoms with Crippen LogP contribution >= 0.6 is 11.6 Å². The van der Waals surface area contributed by atoms with Gasteiger partial charge >= 0.3 is 0 Å². The predicted octanol–water partition coefficient (Wildman–Crippen LogP) is 4.06. The van der Waals surface area contributed by atoms with Crippen LogP contribution in [0.4, 0.5) is 11.4 Å². The zero-order valence-electron chi connectivity index (χ0n) is 15.5. The number of amides is 1. The highest BCUT2D eigenvalue weighted by Crippen LogP contribution is 2.25. The molecule has 0 unspecified atom stereocenters. The summed E-state index contributed by atoms with van der Waals surface area (Å²) in [6.45, 7) is 7.18. The van der Waals surface area contributed by atoms with Crippen LogP contribution in [0.15, 0.2) is 36.4 Å². The minimum atomic E-state index is -3.66. The van der Waals surface area contributed by atoms with Gasteiger partial charge in [0.1, 0.15) is 6.04 Å². The van der Waals surface area contributed by atoms with Gasteiger partial charge in [0.05, 0.1) is 11.9 Å². The predicted molar refractivity (Wildman–Crippen MR) is 108 cm³/mol. The molecule has 0 aliphatic carbocycles. The number of benzene rings is 2. The highest BCUT2D eigenvalue weighted by Gasteiger charge is 2.29. The monoisotopic (exact) mass is 394 g/mol. The van der Waals surface area contributed by atoms with Gasteiger partial charge in [-0.2, -0.15) is 0 Å². The summed E-state index contributed by atoms with van der Waals surface area (Å²) in [7, 11) is -3.66. The second kappa shape index (κ2) is 7.68. The lowest BCUT2D eigenvalue weighted by Crippen LogP contribution is -2.45. The van der Waals surface area contributed by atoms with E-state index >= 15 is 0 Å². The normalized spacial score (nSPS) is 12.5. The Kier molecular flexibility index (Phi) is 5.98. The van der Waals surface area contributed by atoms with E-state index in [0.29, 0.717) is 16.4 Å². The van der Waals surface area contributed by atoms with Gasteiger partial charge in [-0.1, -0.05) is 23.7 Å². The quantitative estimate of drug-likeness (QED) is 0.831. The summed E-state index contributed by atoms with van der Waals surface area (Å²) in [5, 5.41) is 3.27. The Balaban J connectivity index is 2.39. The van der Waals surface area contributed by atoms with Gasteiger partial charge in [0, 0.05) is 10.7 Å². The van der Waals surface area contributed by atoms with E-state index in [0.717, 1.165) is 27.3 Å². The summed E-state index contributed by atoms with van der Waals surface area (Å²) in [6.07, 6.45) is 1.10. The first-order valence-corrected chi connectivity index (χ1v) is 10.4. The molecule has 0 bridgehead atoms. The maximum atomic E-state index is 12.7. The van der Waals surface area contributed by atoms with Crippen molar-refractivity contribution in [2.24, 2.45) is 0 Å². The second-order valence-corrected chi connectivity index (χ2v) is 8.83. The van der Waals surface area contributed by atoms with Crippen molar-refractivity contribution in [3.8, 4) is 0 Å². The number of hydrogen-bond acceptors (Lipinski definition) is 3. The number of sulfonamides is 1. The maximum absolute atomic E-state index is 12.7. The molecule has 2 aromatic carbocycles. The first-order chi connectivity index (χ1) is 12.0. The minimum absolute atomic E-state index is 0.431. The Morgan fingerprint density at radius 3 is 2.19 bits per heavy atom. The lowest BCUT2D eigenvalue weighted by Gasteiger charge is -2.29. The molecule has 26 heavy (non-hydrogen) atoms. The number of anilines is 2. The number of nitrogens with one attached hydrogen (secondary N) is 1. The molecule has 5 nitrogen and oxygen atoms in total. The smallest absolute Gasteiger partial charge is 0.248 e. The van der Waals surface area contributed by atoms with Gasteiger partial charge in [-0.05, 0) is 68.7 Å². The molecule has 0 aliphatic rings. The molecule has 2 aromatic rings. The molecule has 0 aliphatic heterocycles. The van der Waals surface area contributed by atoms with Crippen molar-refractivity contribution in [2.45, 2.75) is 33.7 Å². The fraction of sp³-hybridized carbons (Fsp3) is 0.316. The molecular weight excluding hydrogens is 372 g/mol. The van der Waals surface area contributed by atoms with Crippen molar-refractivity contribution in [3.05, 3.63) is 58.1 Å². The molecule has 2 rings (SSSR count). The first-order valence-electron chi connectivity index (χ1n) is 8.14. The SMILES string of the molecule is Cc1cc(C)cc(N([C@H](C)C(=O)Nc2cc(Cl)ccc2C)S(C)(=O)=O)c1. The van der Waals surface area contributed by atoms with Gasteiger partial charge in [0.15, 0.2) is 0 Å². The summed E-state index contributed by atoms with van der Waals surface area (Å²) in [4.78, 5) is 12.7. The van der Waals surface area contributed by atoms with Crippen LogP contribution in [0.25, 0.3) is 0 Å². The van der Waals surface area contributed by atoms with Crippen molar-refractivity contribution >= 4 is 38.9 Å². The van der Waals surface area contributed by atoms with Gasteiger partial charge in [-0.15, -0.1) is 0 Å². The van der Waals surface area contributed by atoms with Crippen molar-refractivity contribution in [1.29, 1.82) is 0 Å². The molecule has 0 heterocycles. The van der Waals surface area contributed by atoms with E-state index < -0.39 is 22.0 Å². The number of carbonyl (C=O) groups is 1. The number of carbonyl (C=O) groups excluding carboxylic acids is 1. The zero-order chi connectivity index (χ0) is 19.6. The highest BCUT2D eigenvalue weighted by atomic mass is 35.5. The zero-order valence-corrected chi connectivity index (χ0v) is 17.1. The van der Waals surface area contributed by atoms with Gasteiger partial charge in [0.2, 0.25) is 15.9 Å². The summed E-state index contributed by atoms with van der Waals surface area (Å²) in [5.74, 6) is -0.431. The summed E-state index contributed by atoms with van der Waals surface area (Å²) in [5.41, 5.74) is 3.71. The Bertz CT molecular complexity index is 922. The summed E-state index contributed by atoms with van der Waals surface area (Å²) >= 11 is 5.99. The van der Waals surface area contributed by atoms with Gasteiger partial charge < -0.3 is 5.32 Å². The molecule has 140 valence electrons. The van der Waals surface area contributed by atoms with Crippen LogP contribution in [-0.4, -0.2) is 26.6 Å². The number of hydrogen-bond donors (Lipinski definition) is 1. The molecule has 0 saturated carbocycles. The standard InChI is InChI=1S/C19H23ClN2O3S/c1-12-8-13(2)10-17(9-12)22(26(5,24)25)15(4)19(23)21-18-11-16(20)7-6-14(18)3/h6-11,15H,1-5H3,(H,21,23)/t15-/m1/s1. The lowest BCUT2D eigenvalue weighted by molar-refractivity contribution is -0.116. The van der Waals surface area contributed by atoms with Crippen molar-refractivity contribution in [2.75, 3.05) is 15.9 Å². The van der Waals surface area contributed by atoms with E-state index in [4.69, 9.17) is 11.6 Å². The third kappa shape index (κ3) is 4.77. The highest BCUT2D eigenvalue weighted by molar-refractivity contribution is 7.92. The van der Waals surface area contributed by atoms with Crippen molar-refractivity contribution < 1.29 is 13.2 Å². The van der Waals surface area contributed by atoms with Crippen molar-refractivity contribution in [3.63, 3.8) is 0 Å². The Morgan fingerprint density at radius 1 is 1.08 bits per heavy atom. The Labute approximate surface area is 160 Å². The van der Waals surface area contributed by atoms with E-state index in [2.05, 4.69) is 5.32 Å². The fourth-order valence-corrected chi connectivity index (χ4v) is 4.18. The van der Waals surface area contributed by atoms with E-state index in [1.54, 1.807) is 37.3 Å². The maximum Gasteiger partial charge on any atom is 0.248 e. The van der Waals surface area contributed by atoms with Crippen LogP contribution in [0.1, 0.15) is 23.6 Å². The molecule has 0 aromatic heterocycles. The topological polar surface area (TPSA) is 66.5 Å². The molecule has 0 saturated heterocycles. The molecule has 1 atom stereocenters. The van der Waals surface area contributed by atoms with Gasteiger partial charge in [0.25, 0.3) is 0 Å². The first kappa shape index (κ1) is 20.3. The molecule has 7 heteroatoms. The number of rotatable bonds is 5. The largest absolute Gasteiger partial charge is 0.324 e. The number of halogens is 1. The average molecular weight is 395 g/mol. The van der Waals surface area contributed by atoms with E-state index in [-0.39, 0.29) is 0 Å². The third-order valence-electron chi connectivity index (χ3n) is 4.01. The lowest BCUT2D eigenvalue weighted by atomic mass is 10.1. The molecule has 1 N–H and O–H groups in total. The third-order valence-corrected chi connectivity index (χ3v) is 5.48. The number of nitrogens with zero attached hydrogens (tertiary/aromatic N) is 1. The van der Waals surface area contributed by atoms with Crippen LogP contribution in [0, 0.1) is 20.8 Å². The average Bonchev–Trinajstić information content (AvgIpc) is 2.48. The summed E-state index contributed by atoms with van der Waals surface area (Å²) < 4.78 is 25.9. The Morgan fingerprint density at radius 2 is 1.65 bits per heavy atom. The molecular formula is C19H23ClN2O3S. The fourth-order valence-electron chi connectivity index (χ4n) is 2.85. The van der Waals surface area contributed by atoms with Crippen molar-refractivity contribution in [1.82, 2.24) is 0 Å². The van der Waals surface area contributed by atoms with Gasteiger partial charge in [-0.3, -0.25) is 9.10 Å². The Hall–Kier alpha value is -2.05. The van der Waals surface area contributed by atoms with Crippen LogP contribution in [0.5, 0.6) is 0 Å². The molecule has 0 spiro atoms. The number of aryl methyl sites for hydroxylation is 3. The molecule has 0 fully saturated rings. The van der Waals surface area contributed by atoms with E-state index in [9.17, 15) is 13.2 Å². The minimum Gasteiger partial charge on any atom is -0.324 e. The molecule has 0 radical (unpaired) electrons. The van der Waals surface area contributed by atoms with Crippen LogP contribution in [-0.2, 0) is 14.8 Å². The summed E-state index contributed by atoms with van der Waals surface area (Å²) in [6, 6.07) is 9.69. The van der Waals surface area contributed by atoms with Crippen LogP contribution in [0.2, 0.25) is 5.02 Å². The van der Waals surface area contributed by atoms with Crippen LogP contribution in [0.3, 0.4) is 0 Å².